The predicted octanol–water partition coefficient (Wildman–Crippen LogP) is 1.65. The zero-order valence-electron chi connectivity index (χ0n) is 16.3. The van der Waals surface area contributed by atoms with Gasteiger partial charge in [-0.25, -0.2) is 9.07 Å². The van der Waals surface area contributed by atoms with Crippen LogP contribution in [-0.4, -0.2) is 58.3 Å². The maximum absolute atomic E-state index is 13.1. The molecule has 0 fully saturated rings. The minimum atomic E-state index is -0.390. The fourth-order valence-electron chi connectivity index (χ4n) is 2.73. The molecule has 1 heterocycles. The minimum absolute atomic E-state index is 0.124. The lowest BCUT2D eigenvalue weighted by Crippen LogP contribution is -2.33. The maximum Gasteiger partial charge on any atom is 0.260 e. The molecule has 0 spiro atoms. The largest absolute Gasteiger partial charge is 0.484 e. The number of anilines is 1. The summed E-state index contributed by atoms with van der Waals surface area (Å²) in [5.41, 5.74) is 7.12. The Morgan fingerprint density at radius 2 is 1.97 bits per heavy atom. The molecule has 0 atom stereocenters. The standard InChI is InChI=1S/C21H21FN4O4/c1-25(9-10-27)19(28)13-30-17-4-2-3-14(11-17)20(29)18-12-24-26(21(18)23)16-7-5-15(22)6-8-16/h2-8,11-12,27H,9-10,13,23H2,1H3. The maximum atomic E-state index is 13.1. The molecule has 3 N–H and O–H groups in total. The first-order valence-electron chi connectivity index (χ1n) is 9.12. The zero-order valence-corrected chi connectivity index (χ0v) is 16.3. The second-order valence-corrected chi connectivity index (χ2v) is 6.52. The predicted molar refractivity (Wildman–Crippen MR) is 108 cm³/mol. The Morgan fingerprint density at radius 1 is 1.23 bits per heavy atom. The summed E-state index contributed by atoms with van der Waals surface area (Å²) in [6.45, 7) is -0.157. The Kier molecular flexibility index (Phi) is 6.43. The van der Waals surface area contributed by atoms with Crippen molar-refractivity contribution in [1.82, 2.24) is 14.7 Å². The number of carbonyl (C=O) groups excluding carboxylic acids is 2. The minimum Gasteiger partial charge on any atom is -0.484 e. The molecular formula is C21H21FN4O4. The number of nitrogens with two attached hydrogens (primary N) is 1. The van der Waals surface area contributed by atoms with Gasteiger partial charge in [0.15, 0.2) is 12.4 Å². The molecule has 3 rings (SSSR count). The zero-order chi connectivity index (χ0) is 21.7. The Labute approximate surface area is 172 Å². The molecule has 0 aliphatic carbocycles. The summed E-state index contributed by atoms with van der Waals surface area (Å²) in [5.74, 6) is -0.589. The van der Waals surface area contributed by atoms with Gasteiger partial charge in [-0.3, -0.25) is 9.59 Å². The number of hydrogen-bond acceptors (Lipinski definition) is 6. The van der Waals surface area contributed by atoms with Gasteiger partial charge in [0.05, 0.1) is 24.1 Å². The van der Waals surface area contributed by atoms with Crippen LogP contribution in [-0.2, 0) is 4.79 Å². The van der Waals surface area contributed by atoms with E-state index in [1.807, 2.05) is 0 Å². The average Bonchev–Trinajstić information content (AvgIpc) is 3.13. The van der Waals surface area contributed by atoms with E-state index in [1.165, 1.54) is 46.1 Å². The molecule has 0 radical (unpaired) electrons. The van der Waals surface area contributed by atoms with E-state index in [0.29, 0.717) is 17.0 Å². The van der Waals surface area contributed by atoms with Gasteiger partial charge in [-0.2, -0.15) is 5.10 Å². The number of aliphatic hydroxyl groups excluding tert-OH is 1. The lowest BCUT2D eigenvalue weighted by Gasteiger charge is -2.16. The van der Waals surface area contributed by atoms with Crippen molar-refractivity contribution in [2.45, 2.75) is 0 Å². The van der Waals surface area contributed by atoms with E-state index in [1.54, 1.807) is 25.2 Å². The second-order valence-electron chi connectivity index (χ2n) is 6.52. The van der Waals surface area contributed by atoms with E-state index >= 15 is 0 Å². The molecule has 3 aromatic rings. The number of hydrogen-bond donors (Lipinski definition) is 2. The van der Waals surface area contributed by atoms with Crippen molar-refractivity contribution in [2.75, 3.05) is 32.5 Å². The molecular weight excluding hydrogens is 391 g/mol. The molecule has 0 bridgehead atoms. The van der Waals surface area contributed by atoms with Gasteiger partial charge in [0.1, 0.15) is 17.4 Å². The Bertz CT molecular complexity index is 1050. The van der Waals surface area contributed by atoms with Crippen LogP contribution in [0.15, 0.2) is 54.7 Å². The molecule has 30 heavy (non-hydrogen) atoms. The smallest absolute Gasteiger partial charge is 0.260 e. The van der Waals surface area contributed by atoms with Gasteiger partial charge in [-0.15, -0.1) is 0 Å². The quantitative estimate of drug-likeness (QED) is 0.545. The third-order valence-electron chi connectivity index (χ3n) is 4.44. The molecule has 0 saturated carbocycles. The second kappa shape index (κ2) is 9.19. The summed E-state index contributed by atoms with van der Waals surface area (Å²) < 4.78 is 19.9. The number of nitrogen functional groups attached to an aromatic ring is 1. The van der Waals surface area contributed by atoms with Crippen LogP contribution in [0.1, 0.15) is 15.9 Å². The summed E-state index contributed by atoms with van der Waals surface area (Å²) in [7, 11) is 1.56. The van der Waals surface area contributed by atoms with Gasteiger partial charge < -0.3 is 20.5 Å². The van der Waals surface area contributed by atoms with Crippen molar-refractivity contribution in [3.8, 4) is 11.4 Å². The summed E-state index contributed by atoms with van der Waals surface area (Å²) in [5, 5.41) is 13.0. The Hall–Kier alpha value is -3.72. The Balaban J connectivity index is 1.75. The highest BCUT2D eigenvalue weighted by atomic mass is 19.1. The van der Waals surface area contributed by atoms with Crippen molar-refractivity contribution in [2.24, 2.45) is 0 Å². The number of benzene rings is 2. The van der Waals surface area contributed by atoms with Gasteiger partial charge >= 0.3 is 0 Å². The number of likely N-dealkylation sites (N-methyl/N-ethyl adjacent to an activating group) is 1. The van der Waals surface area contributed by atoms with Crippen LogP contribution in [0.3, 0.4) is 0 Å². The van der Waals surface area contributed by atoms with Crippen molar-refractivity contribution in [3.63, 3.8) is 0 Å². The molecule has 0 aliphatic rings. The number of amides is 1. The molecule has 1 amide bonds. The first-order chi connectivity index (χ1) is 14.4. The SMILES string of the molecule is CN(CCO)C(=O)COc1cccc(C(=O)c2cnn(-c3ccc(F)cc3)c2N)c1. The molecule has 9 heteroatoms. The first kappa shape index (κ1) is 21.0. The number of nitrogens with zero attached hydrogens (tertiary/aromatic N) is 3. The van der Waals surface area contributed by atoms with Gasteiger partial charge in [0.25, 0.3) is 5.91 Å². The van der Waals surface area contributed by atoms with E-state index < -0.39 is 5.82 Å². The number of ether oxygens (including phenoxy) is 1. The Morgan fingerprint density at radius 3 is 2.67 bits per heavy atom. The average molecular weight is 412 g/mol. The van der Waals surface area contributed by atoms with E-state index in [4.69, 9.17) is 15.6 Å². The lowest BCUT2D eigenvalue weighted by atomic mass is 10.1. The molecule has 0 aliphatic heterocycles. The number of ketones is 1. The van der Waals surface area contributed by atoms with E-state index in [-0.39, 0.29) is 42.8 Å². The number of carbonyl (C=O) groups is 2. The van der Waals surface area contributed by atoms with Crippen molar-refractivity contribution < 1.29 is 23.8 Å². The highest BCUT2D eigenvalue weighted by molar-refractivity contribution is 6.11. The van der Waals surface area contributed by atoms with Gasteiger partial charge in [0, 0.05) is 19.2 Å². The van der Waals surface area contributed by atoms with Crippen LogP contribution >= 0.6 is 0 Å². The first-order valence-corrected chi connectivity index (χ1v) is 9.12. The monoisotopic (exact) mass is 412 g/mol. The van der Waals surface area contributed by atoms with Gasteiger partial charge in [0.2, 0.25) is 0 Å². The van der Waals surface area contributed by atoms with E-state index in [0.717, 1.165) is 0 Å². The summed E-state index contributed by atoms with van der Waals surface area (Å²) >= 11 is 0. The number of aromatic nitrogens is 2. The van der Waals surface area contributed by atoms with Gasteiger partial charge in [-0.1, -0.05) is 12.1 Å². The van der Waals surface area contributed by atoms with Crippen LogP contribution in [0.4, 0.5) is 10.2 Å². The molecule has 1 aromatic heterocycles. The molecule has 2 aromatic carbocycles. The van der Waals surface area contributed by atoms with Crippen LogP contribution in [0.25, 0.3) is 5.69 Å². The van der Waals surface area contributed by atoms with Crippen LogP contribution in [0.2, 0.25) is 0 Å². The van der Waals surface area contributed by atoms with E-state index in [9.17, 15) is 14.0 Å². The normalized spacial score (nSPS) is 10.6. The summed E-state index contributed by atoms with van der Waals surface area (Å²) in [6.07, 6.45) is 1.35. The van der Waals surface area contributed by atoms with Crippen molar-refractivity contribution in [3.05, 3.63) is 71.7 Å². The summed E-state index contributed by atoms with van der Waals surface area (Å²) in [6, 6.07) is 11.9. The fourth-order valence-corrected chi connectivity index (χ4v) is 2.73. The fraction of sp³-hybridized carbons (Fsp3) is 0.190. The third kappa shape index (κ3) is 4.64. The van der Waals surface area contributed by atoms with Crippen LogP contribution in [0, 0.1) is 5.82 Å². The van der Waals surface area contributed by atoms with Gasteiger partial charge in [-0.05, 0) is 36.4 Å². The topological polar surface area (TPSA) is 111 Å². The highest BCUT2D eigenvalue weighted by Crippen LogP contribution is 2.22. The molecule has 0 unspecified atom stereocenters. The molecule has 0 saturated heterocycles. The highest BCUT2D eigenvalue weighted by Gasteiger charge is 2.18. The van der Waals surface area contributed by atoms with Crippen LogP contribution in [0.5, 0.6) is 5.75 Å². The number of halogens is 1. The molecule has 156 valence electrons. The third-order valence-corrected chi connectivity index (χ3v) is 4.44. The molecule has 8 nitrogen and oxygen atoms in total. The van der Waals surface area contributed by atoms with Crippen molar-refractivity contribution >= 4 is 17.5 Å². The van der Waals surface area contributed by atoms with E-state index in [2.05, 4.69) is 5.10 Å². The van der Waals surface area contributed by atoms with Crippen molar-refractivity contribution in [1.29, 1.82) is 0 Å². The van der Waals surface area contributed by atoms with Crippen LogP contribution < -0.4 is 10.5 Å². The number of aliphatic hydroxyl groups is 1. The lowest BCUT2D eigenvalue weighted by molar-refractivity contribution is -0.132. The number of rotatable bonds is 8. The summed E-state index contributed by atoms with van der Waals surface area (Å²) in [4.78, 5) is 26.2.